The number of rotatable bonds is 13. The lowest BCUT2D eigenvalue weighted by molar-refractivity contribution is -0.0852. The van der Waals surface area contributed by atoms with E-state index in [0.29, 0.717) is 6.10 Å². The molecule has 0 aliphatic carbocycles. The maximum atomic E-state index is 6.52. The van der Waals surface area contributed by atoms with Crippen molar-refractivity contribution in [3.8, 4) is 0 Å². The van der Waals surface area contributed by atoms with Gasteiger partial charge in [0.25, 0.3) is 0 Å². The number of epoxide rings is 3. The van der Waals surface area contributed by atoms with Gasteiger partial charge in [0.2, 0.25) is 0 Å². The summed E-state index contributed by atoms with van der Waals surface area (Å²) in [5.41, 5.74) is 0.441. The molecule has 194 valence electrons. The van der Waals surface area contributed by atoms with Crippen LogP contribution in [0, 0.1) is 21.7 Å². The molecule has 0 bridgehead atoms. The Kier molecular flexibility index (Phi) is 7.03. The van der Waals surface area contributed by atoms with Gasteiger partial charge in [-0.1, -0.05) is 55.4 Å². The zero-order valence-corrected chi connectivity index (χ0v) is 23.9. The minimum absolute atomic E-state index is 0.0754. The third kappa shape index (κ3) is 7.18. The first-order chi connectivity index (χ1) is 14.7. The number of hydrogen-bond donors (Lipinski definition) is 0. The second kappa shape index (κ2) is 8.46. The van der Waals surface area contributed by atoms with E-state index < -0.39 is 0 Å². The predicted molar refractivity (Wildman–Crippen MR) is 136 cm³/mol. The van der Waals surface area contributed by atoms with E-state index in [4.69, 9.17) is 18.9 Å². The van der Waals surface area contributed by atoms with Crippen LogP contribution < -0.4 is 0 Å². The minimum atomic E-state index is -0.231. The molecule has 3 rings (SSSR count). The molecule has 0 spiro atoms. The lowest BCUT2D eigenvalue weighted by Crippen LogP contribution is -2.44. The van der Waals surface area contributed by atoms with Gasteiger partial charge in [0.15, 0.2) is 0 Å². The van der Waals surface area contributed by atoms with Gasteiger partial charge in [0, 0.05) is 13.0 Å². The average molecular weight is 467 g/mol. The van der Waals surface area contributed by atoms with Crippen molar-refractivity contribution in [3.63, 3.8) is 0 Å². The Bertz CT molecular complexity index is 699. The van der Waals surface area contributed by atoms with Gasteiger partial charge < -0.3 is 18.9 Å². The lowest BCUT2D eigenvalue weighted by Gasteiger charge is -2.45. The van der Waals surface area contributed by atoms with Crippen molar-refractivity contribution in [1.82, 2.24) is 0 Å². The topological polar surface area (TPSA) is 46.8 Å². The third-order valence-electron chi connectivity index (χ3n) is 8.11. The zero-order valence-electron chi connectivity index (χ0n) is 23.9. The monoisotopic (exact) mass is 466 g/mol. The maximum Gasteiger partial charge on any atom is 0.0953 e. The van der Waals surface area contributed by atoms with Gasteiger partial charge >= 0.3 is 0 Å². The van der Waals surface area contributed by atoms with Crippen molar-refractivity contribution in [1.29, 1.82) is 0 Å². The Labute approximate surface area is 204 Å². The largest absolute Gasteiger partial charge is 0.375 e. The molecule has 3 fully saturated rings. The van der Waals surface area contributed by atoms with Crippen LogP contribution in [-0.4, -0.2) is 48.8 Å². The summed E-state index contributed by atoms with van der Waals surface area (Å²) in [5, 5.41) is 0. The van der Waals surface area contributed by atoms with Crippen LogP contribution in [0.1, 0.15) is 115 Å². The molecule has 6 unspecified atom stereocenters. The summed E-state index contributed by atoms with van der Waals surface area (Å²) < 4.78 is 24.5. The van der Waals surface area contributed by atoms with E-state index in [1.165, 1.54) is 6.42 Å². The first kappa shape index (κ1) is 27.4. The summed E-state index contributed by atoms with van der Waals surface area (Å²) in [5.74, 6) is 0. The summed E-state index contributed by atoms with van der Waals surface area (Å²) in [6.45, 7) is 30.5. The van der Waals surface area contributed by atoms with E-state index in [9.17, 15) is 0 Å². The van der Waals surface area contributed by atoms with E-state index in [1.807, 2.05) is 0 Å². The zero-order chi connectivity index (χ0) is 25.1. The van der Waals surface area contributed by atoms with Crippen molar-refractivity contribution in [3.05, 3.63) is 0 Å². The van der Waals surface area contributed by atoms with Gasteiger partial charge in [0.05, 0.1) is 42.2 Å². The van der Waals surface area contributed by atoms with E-state index in [-0.39, 0.29) is 44.6 Å². The van der Waals surface area contributed by atoms with E-state index in [1.54, 1.807) is 0 Å². The first-order valence-electron chi connectivity index (χ1n) is 13.3. The summed E-state index contributed by atoms with van der Waals surface area (Å²) in [7, 11) is 0. The molecule has 0 aromatic heterocycles. The quantitative estimate of drug-likeness (QED) is 0.270. The van der Waals surface area contributed by atoms with Crippen molar-refractivity contribution < 1.29 is 18.9 Å². The van der Waals surface area contributed by atoms with Gasteiger partial charge in [-0.25, -0.2) is 0 Å². The molecule has 33 heavy (non-hydrogen) atoms. The highest BCUT2D eigenvalue weighted by atomic mass is 16.6. The molecule has 0 aromatic carbocycles. The van der Waals surface area contributed by atoms with Crippen LogP contribution in [0.5, 0.6) is 0 Å². The van der Waals surface area contributed by atoms with Crippen LogP contribution in [-0.2, 0) is 18.9 Å². The van der Waals surface area contributed by atoms with Gasteiger partial charge in [-0.05, 0) is 75.0 Å². The standard InChI is InChI=1S/C29H54O4/c1-13-31-27(10,19-29(12)22(33-29)23(2,3)4)18-26(9,21-14-30-21)16-24(5,6)15-25(7,8)17-28(11)20-32-28/h21-22H,13-20H2,1-12H3. The van der Waals surface area contributed by atoms with Gasteiger partial charge in [-0.15, -0.1) is 0 Å². The third-order valence-corrected chi connectivity index (χ3v) is 8.11. The molecule has 4 heteroatoms. The second-order valence-electron chi connectivity index (χ2n) is 15.5. The molecule has 3 aliphatic heterocycles. The van der Waals surface area contributed by atoms with Gasteiger partial charge in [-0.2, -0.15) is 0 Å². The first-order valence-corrected chi connectivity index (χ1v) is 13.3. The van der Waals surface area contributed by atoms with E-state index >= 15 is 0 Å². The minimum Gasteiger partial charge on any atom is -0.375 e. The molecule has 3 saturated heterocycles. The van der Waals surface area contributed by atoms with Crippen LogP contribution >= 0.6 is 0 Å². The van der Waals surface area contributed by atoms with Crippen LogP contribution in [0.25, 0.3) is 0 Å². The van der Waals surface area contributed by atoms with E-state index in [0.717, 1.165) is 45.5 Å². The van der Waals surface area contributed by atoms with Crippen molar-refractivity contribution in [2.75, 3.05) is 19.8 Å². The van der Waals surface area contributed by atoms with Crippen molar-refractivity contribution in [2.24, 2.45) is 21.7 Å². The normalized spacial score (nSPS) is 35.6. The molecule has 0 amide bonds. The number of ether oxygens (including phenoxy) is 4. The predicted octanol–water partition coefficient (Wildman–Crippen LogP) is 7.18. The summed E-state index contributed by atoms with van der Waals surface area (Å²) in [6, 6.07) is 0. The Balaban J connectivity index is 1.72. The molecular weight excluding hydrogens is 412 g/mol. The SMILES string of the molecule is CCOC(C)(CC(C)(CC(C)(C)CC(C)(C)CC1(C)CO1)C1CO1)CC1(C)OC1C(C)(C)C. The number of hydrogen-bond acceptors (Lipinski definition) is 4. The Hall–Kier alpha value is -0.160. The molecule has 0 radical (unpaired) electrons. The second-order valence-corrected chi connectivity index (χ2v) is 15.5. The van der Waals surface area contributed by atoms with Crippen LogP contribution in [0.15, 0.2) is 0 Å². The van der Waals surface area contributed by atoms with Gasteiger partial charge in [-0.3, -0.25) is 0 Å². The summed E-state index contributed by atoms with van der Waals surface area (Å²) in [6.07, 6.45) is 5.99. The van der Waals surface area contributed by atoms with Crippen molar-refractivity contribution in [2.45, 2.75) is 144 Å². The lowest BCUT2D eigenvalue weighted by atomic mass is 9.61. The van der Waals surface area contributed by atoms with Crippen LogP contribution in [0.3, 0.4) is 0 Å². The molecule has 6 atom stereocenters. The van der Waals surface area contributed by atoms with Crippen LogP contribution in [0.4, 0.5) is 0 Å². The summed E-state index contributed by atoms with van der Waals surface area (Å²) in [4.78, 5) is 0. The molecule has 0 aromatic rings. The highest BCUT2D eigenvalue weighted by Gasteiger charge is 2.61. The molecule has 3 aliphatic rings. The Morgan fingerprint density at radius 3 is 1.85 bits per heavy atom. The highest BCUT2D eigenvalue weighted by Crippen LogP contribution is 2.56. The average Bonchev–Trinajstić information content (AvgIpc) is 3.38. The molecule has 4 nitrogen and oxygen atoms in total. The highest BCUT2D eigenvalue weighted by molar-refractivity contribution is 5.10. The fourth-order valence-corrected chi connectivity index (χ4v) is 8.06. The smallest absolute Gasteiger partial charge is 0.0953 e. The van der Waals surface area contributed by atoms with Gasteiger partial charge in [0.1, 0.15) is 0 Å². The molecular formula is C29H54O4. The van der Waals surface area contributed by atoms with E-state index in [2.05, 4.69) is 83.1 Å². The summed E-state index contributed by atoms with van der Waals surface area (Å²) >= 11 is 0. The van der Waals surface area contributed by atoms with Crippen molar-refractivity contribution >= 4 is 0 Å². The molecule has 3 heterocycles. The Morgan fingerprint density at radius 2 is 1.42 bits per heavy atom. The molecule has 0 saturated carbocycles. The van der Waals surface area contributed by atoms with Crippen LogP contribution in [0.2, 0.25) is 0 Å². The Morgan fingerprint density at radius 1 is 0.848 bits per heavy atom. The fourth-order valence-electron chi connectivity index (χ4n) is 8.06. The maximum absolute atomic E-state index is 6.52. The molecule has 0 N–H and O–H groups in total. The fraction of sp³-hybridized carbons (Fsp3) is 1.00.